The van der Waals surface area contributed by atoms with Crippen molar-refractivity contribution in [2.45, 2.75) is 32.4 Å². The Labute approximate surface area is 101 Å². The Hall–Kier alpha value is -1.33. The molecule has 1 atom stereocenters. The fourth-order valence-electron chi connectivity index (χ4n) is 1.50. The Balaban J connectivity index is 2.32. The summed E-state index contributed by atoms with van der Waals surface area (Å²) in [7, 11) is 1.33. The van der Waals surface area contributed by atoms with E-state index in [9.17, 15) is 9.90 Å². The van der Waals surface area contributed by atoms with E-state index in [-0.39, 0.29) is 6.10 Å². The molecule has 2 N–H and O–H groups in total. The number of carbonyl (C=O) groups excluding carboxylic acids is 1. The van der Waals surface area contributed by atoms with Gasteiger partial charge in [-0.1, -0.05) is 13.3 Å². The van der Waals surface area contributed by atoms with Crippen LogP contribution in [0.3, 0.4) is 0 Å². The largest absolute Gasteiger partial charge is 0.467 e. The zero-order valence-electron chi connectivity index (χ0n) is 10.2. The topological polar surface area (TPSA) is 71.7 Å². The predicted molar refractivity (Wildman–Crippen MR) is 62.7 cm³/mol. The van der Waals surface area contributed by atoms with Gasteiger partial charge in [-0.2, -0.15) is 0 Å². The van der Waals surface area contributed by atoms with Gasteiger partial charge in [0, 0.05) is 6.54 Å². The smallest absolute Gasteiger partial charge is 0.341 e. The van der Waals surface area contributed by atoms with Gasteiger partial charge in [-0.25, -0.2) is 4.79 Å². The summed E-state index contributed by atoms with van der Waals surface area (Å²) in [6.45, 7) is 3.03. The minimum absolute atomic E-state index is 0.338. The highest BCUT2D eigenvalue weighted by molar-refractivity contribution is 5.88. The third-order valence-electron chi connectivity index (χ3n) is 2.38. The highest BCUT2D eigenvalue weighted by atomic mass is 16.5. The lowest BCUT2D eigenvalue weighted by molar-refractivity contribution is 0.0600. The van der Waals surface area contributed by atoms with Gasteiger partial charge in [-0.3, -0.25) is 0 Å². The number of nitrogens with one attached hydrogen (secondary N) is 1. The molecular formula is C12H19NO4. The minimum atomic E-state index is -0.411. The van der Waals surface area contributed by atoms with Gasteiger partial charge >= 0.3 is 5.97 Å². The first-order chi connectivity index (χ1) is 8.17. The van der Waals surface area contributed by atoms with Gasteiger partial charge in [-0.05, 0) is 12.5 Å². The van der Waals surface area contributed by atoms with Crippen molar-refractivity contribution in [2.24, 2.45) is 0 Å². The molecule has 96 valence electrons. The number of hydrogen-bond acceptors (Lipinski definition) is 5. The van der Waals surface area contributed by atoms with Gasteiger partial charge in [0.05, 0.1) is 25.3 Å². The molecular weight excluding hydrogens is 222 g/mol. The summed E-state index contributed by atoms with van der Waals surface area (Å²) in [5, 5.41) is 12.6. The van der Waals surface area contributed by atoms with E-state index < -0.39 is 5.97 Å². The number of methoxy groups -OCH3 is 1. The second kappa shape index (κ2) is 7.09. The number of carbonyl (C=O) groups is 1. The first kappa shape index (κ1) is 13.7. The molecule has 1 aromatic rings. The molecule has 0 bridgehead atoms. The number of esters is 1. The maximum atomic E-state index is 11.2. The summed E-state index contributed by atoms with van der Waals surface area (Å²) in [5.74, 6) is 0.236. The van der Waals surface area contributed by atoms with E-state index in [4.69, 9.17) is 4.42 Å². The number of ether oxygens (including phenoxy) is 1. The van der Waals surface area contributed by atoms with Gasteiger partial charge in [0.15, 0.2) is 0 Å². The van der Waals surface area contributed by atoms with Crippen molar-refractivity contribution in [3.05, 3.63) is 23.7 Å². The summed E-state index contributed by atoms with van der Waals surface area (Å²) < 4.78 is 9.75. The highest BCUT2D eigenvalue weighted by Crippen LogP contribution is 2.08. The molecule has 1 unspecified atom stereocenters. The molecule has 0 amide bonds. The fourth-order valence-corrected chi connectivity index (χ4v) is 1.50. The van der Waals surface area contributed by atoms with Crippen molar-refractivity contribution in [2.75, 3.05) is 13.7 Å². The van der Waals surface area contributed by atoms with Crippen molar-refractivity contribution in [1.29, 1.82) is 0 Å². The number of aliphatic hydroxyl groups is 1. The van der Waals surface area contributed by atoms with Crippen LogP contribution in [-0.4, -0.2) is 30.8 Å². The van der Waals surface area contributed by atoms with Gasteiger partial charge in [0.25, 0.3) is 0 Å². The molecule has 5 nitrogen and oxygen atoms in total. The number of furan rings is 1. The Morgan fingerprint density at radius 3 is 3.06 bits per heavy atom. The van der Waals surface area contributed by atoms with Crippen molar-refractivity contribution < 1.29 is 19.1 Å². The molecule has 1 rings (SSSR count). The lowest BCUT2D eigenvalue weighted by atomic mass is 10.2. The van der Waals surface area contributed by atoms with Gasteiger partial charge < -0.3 is 19.6 Å². The van der Waals surface area contributed by atoms with E-state index in [0.717, 1.165) is 12.8 Å². The summed E-state index contributed by atoms with van der Waals surface area (Å²) in [4.78, 5) is 11.2. The Bertz CT molecular complexity index is 348. The second-order valence-corrected chi connectivity index (χ2v) is 3.87. The second-order valence-electron chi connectivity index (χ2n) is 3.87. The maximum Gasteiger partial charge on any atom is 0.341 e. The Kier molecular flexibility index (Phi) is 5.72. The van der Waals surface area contributed by atoms with E-state index in [1.807, 2.05) is 6.92 Å². The molecule has 0 aliphatic rings. The summed E-state index contributed by atoms with van der Waals surface area (Å²) in [5.41, 5.74) is 0.401. The summed E-state index contributed by atoms with van der Waals surface area (Å²) >= 11 is 0. The van der Waals surface area contributed by atoms with Crippen LogP contribution in [0.4, 0.5) is 0 Å². The van der Waals surface area contributed by atoms with E-state index in [2.05, 4.69) is 10.1 Å². The van der Waals surface area contributed by atoms with Crippen LogP contribution in [0.5, 0.6) is 0 Å². The lowest BCUT2D eigenvalue weighted by Gasteiger charge is -2.09. The van der Waals surface area contributed by atoms with Crippen molar-refractivity contribution in [3.8, 4) is 0 Å². The van der Waals surface area contributed by atoms with E-state index >= 15 is 0 Å². The van der Waals surface area contributed by atoms with Gasteiger partial charge in [0.1, 0.15) is 12.0 Å². The van der Waals surface area contributed by atoms with Crippen molar-refractivity contribution in [1.82, 2.24) is 5.32 Å². The average molecular weight is 241 g/mol. The van der Waals surface area contributed by atoms with E-state index in [1.165, 1.54) is 13.4 Å². The zero-order valence-corrected chi connectivity index (χ0v) is 10.2. The molecule has 0 saturated carbocycles. The van der Waals surface area contributed by atoms with E-state index in [0.29, 0.717) is 24.4 Å². The van der Waals surface area contributed by atoms with Crippen LogP contribution in [-0.2, 0) is 11.3 Å². The SMILES string of the molecule is CCCC(O)CNCc1cc(C(=O)OC)co1. The lowest BCUT2D eigenvalue weighted by Crippen LogP contribution is -2.26. The van der Waals surface area contributed by atoms with Crippen LogP contribution in [0.15, 0.2) is 16.7 Å². The van der Waals surface area contributed by atoms with Crippen LogP contribution < -0.4 is 5.32 Å². The van der Waals surface area contributed by atoms with Crippen LogP contribution in [0.2, 0.25) is 0 Å². The molecule has 1 aromatic heterocycles. The van der Waals surface area contributed by atoms with Crippen LogP contribution in [0.25, 0.3) is 0 Å². The molecule has 0 fully saturated rings. The number of hydrogen-bond donors (Lipinski definition) is 2. The fraction of sp³-hybridized carbons (Fsp3) is 0.583. The average Bonchev–Trinajstić information content (AvgIpc) is 2.77. The summed E-state index contributed by atoms with van der Waals surface area (Å²) in [6.07, 6.45) is 2.76. The monoisotopic (exact) mass is 241 g/mol. The predicted octanol–water partition coefficient (Wildman–Crippen LogP) is 1.32. The quantitative estimate of drug-likeness (QED) is 0.704. The molecule has 0 spiro atoms. The van der Waals surface area contributed by atoms with Crippen LogP contribution >= 0.6 is 0 Å². The number of aliphatic hydroxyl groups excluding tert-OH is 1. The Morgan fingerprint density at radius 1 is 1.65 bits per heavy atom. The number of rotatable bonds is 7. The maximum absolute atomic E-state index is 11.2. The van der Waals surface area contributed by atoms with Gasteiger partial charge in [0.2, 0.25) is 0 Å². The molecule has 0 aliphatic carbocycles. The minimum Gasteiger partial charge on any atom is -0.467 e. The molecule has 1 heterocycles. The highest BCUT2D eigenvalue weighted by Gasteiger charge is 2.10. The zero-order chi connectivity index (χ0) is 12.7. The molecule has 0 saturated heterocycles. The molecule has 0 aliphatic heterocycles. The van der Waals surface area contributed by atoms with Crippen LogP contribution in [0.1, 0.15) is 35.9 Å². The molecule has 5 heteroatoms. The molecule has 0 aromatic carbocycles. The third-order valence-corrected chi connectivity index (χ3v) is 2.38. The first-order valence-corrected chi connectivity index (χ1v) is 5.71. The van der Waals surface area contributed by atoms with E-state index in [1.54, 1.807) is 6.07 Å². The third kappa shape index (κ3) is 4.58. The standard InChI is InChI=1S/C12H19NO4/c1-3-4-10(14)6-13-7-11-5-9(8-17-11)12(15)16-2/h5,8,10,13-14H,3-4,6-7H2,1-2H3. The Morgan fingerprint density at radius 2 is 2.41 bits per heavy atom. The summed E-state index contributed by atoms with van der Waals surface area (Å²) in [6, 6.07) is 1.63. The molecule has 0 radical (unpaired) electrons. The molecule has 17 heavy (non-hydrogen) atoms. The van der Waals surface area contributed by atoms with Crippen molar-refractivity contribution in [3.63, 3.8) is 0 Å². The van der Waals surface area contributed by atoms with Crippen molar-refractivity contribution >= 4 is 5.97 Å². The van der Waals surface area contributed by atoms with Gasteiger partial charge in [-0.15, -0.1) is 0 Å². The normalized spacial score (nSPS) is 12.4. The first-order valence-electron chi connectivity index (χ1n) is 5.71. The van der Waals surface area contributed by atoms with Crippen LogP contribution in [0, 0.1) is 0 Å².